The summed E-state index contributed by atoms with van der Waals surface area (Å²) in [6, 6.07) is 20.6. The van der Waals surface area contributed by atoms with Crippen LogP contribution >= 0.6 is 0 Å². The Morgan fingerprint density at radius 2 is 1.57 bits per heavy atom. The molecule has 0 heterocycles. The van der Waals surface area contributed by atoms with Gasteiger partial charge in [0.1, 0.15) is 0 Å². The van der Waals surface area contributed by atoms with Gasteiger partial charge in [0.05, 0.1) is 5.56 Å². The van der Waals surface area contributed by atoms with Gasteiger partial charge in [-0.25, -0.2) is 9.59 Å². The Balaban J connectivity index is 1.89. The highest BCUT2D eigenvalue weighted by atomic mass is 16.5. The SMILES string of the molecule is CCNC(=O)NC(=O)[C@@H](OC(=O)c1cccc2ccccc12)c1ccccc1. The first-order chi connectivity index (χ1) is 13.6. The Hall–Kier alpha value is -3.67. The van der Waals surface area contributed by atoms with Gasteiger partial charge in [0, 0.05) is 12.1 Å². The summed E-state index contributed by atoms with van der Waals surface area (Å²) in [4.78, 5) is 37.2. The number of imide groups is 1. The Bertz CT molecular complexity index is 996. The Morgan fingerprint density at radius 1 is 0.893 bits per heavy atom. The molecule has 0 aromatic heterocycles. The maximum absolute atomic E-state index is 12.9. The van der Waals surface area contributed by atoms with Crippen LogP contribution in [0.3, 0.4) is 0 Å². The van der Waals surface area contributed by atoms with Crippen molar-refractivity contribution in [2.45, 2.75) is 13.0 Å². The number of hydrogen-bond donors (Lipinski definition) is 2. The molecule has 0 spiro atoms. The average molecular weight is 376 g/mol. The summed E-state index contributed by atoms with van der Waals surface area (Å²) >= 11 is 0. The van der Waals surface area contributed by atoms with Crippen LogP contribution < -0.4 is 10.6 Å². The molecule has 0 aliphatic heterocycles. The number of fused-ring (bicyclic) bond motifs is 1. The van der Waals surface area contributed by atoms with Gasteiger partial charge in [0.25, 0.3) is 5.91 Å². The first-order valence-electron chi connectivity index (χ1n) is 8.92. The minimum absolute atomic E-state index is 0.352. The zero-order valence-corrected chi connectivity index (χ0v) is 15.3. The molecule has 1 atom stereocenters. The van der Waals surface area contributed by atoms with Crippen molar-refractivity contribution in [1.29, 1.82) is 0 Å². The second-order valence-corrected chi connectivity index (χ2v) is 6.07. The maximum atomic E-state index is 12.9. The van der Waals surface area contributed by atoms with E-state index in [2.05, 4.69) is 10.6 Å². The summed E-state index contributed by atoms with van der Waals surface area (Å²) in [6.07, 6.45) is -1.25. The number of urea groups is 1. The highest BCUT2D eigenvalue weighted by molar-refractivity contribution is 6.06. The van der Waals surface area contributed by atoms with Gasteiger partial charge >= 0.3 is 12.0 Å². The summed E-state index contributed by atoms with van der Waals surface area (Å²) in [5, 5.41) is 6.30. The van der Waals surface area contributed by atoms with Crippen molar-refractivity contribution >= 4 is 28.7 Å². The van der Waals surface area contributed by atoms with Crippen LogP contribution in [0.1, 0.15) is 28.9 Å². The van der Waals surface area contributed by atoms with Gasteiger partial charge in [-0.15, -0.1) is 0 Å². The smallest absolute Gasteiger partial charge is 0.339 e. The zero-order chi connectivity index (χ0) is 19.9. The van der Waals surface area contributed by atoms with Crippen molar-refractivity contribution in [3.8, 4) is 0 Å². The van der Waals surface area contributed by atoms with E-state index in [1.165, 1.54) is 0 Å². The maximum Gasteiger partial charge on any atom is 0.339 e. The van der Waals surface area contributed by atoms with Crippen molar-refractivity contribution in [3.63, 3.8) is 0 Å². The lowest BCUT2D eigenvalue weighted by atomic mass is 10.0. The van der Waals surface area contributed by atoms with E-state index in [0.29, 0.717) is 17.7 Å². The Morgan fingerprint density at radius 3 is 2.32 bits per heavy atom. The minimum Gasteiger partial charge on any atom is -0.444 e. The number of carbonyl (C=O) groups excluding carboxylic acids is 3. The molecular weight excluding hydrogens is 356 g/mol. The van der Waals surface area contributed by atoms with E-state index < -0.39 is 24.0 Å². The van der Waals surface area contributed by atoms with Crippen LogP contribution in [0.2, 0.25) is 0 Å². The summed E-state index contributed by atoms with van der Waals surface area (Å²) in [5.74, 6) is -1.36. The fraction of sp³-hybridized carbons (Fsp3) is 0.136. The van der Waals surface area contributed by atoms with Gasteiger partial charge in [-0.05, 0) is 23.8 Å². The molecule has 0 bridgehead atoms. The second kappa shape index (κ2) is 8.81. The Labute approximate surface area is 162 Å². The van der Waals surface area contributed by atoms with Gasteiger partial charge in [-0.1, -0.05) is 66.7 Å². The van der Waals surface area contributed by atoms with Crippen molar-refractivity contribution in [2.24, 2.45) is 0 Å². The lowest BCUT2D eigenvalue weighted by Gasteiger charge is -2.18. The fourth-order valence-electron chi connectivity index (χ4n) is 2.86. The first kappa shape index (κ1) is 19.1. The molecule has 28 heavy (non-hydrogen) atoms. The highest BCUT2D eigenvalue weighted by Crippen LogP contribution is 2.23. The summed E-state index contributed by atoms with van der Waals surface area (Å²) in [5.41, 5.74) is 0.822. The van der Waals surface area contributed by atoms with Gasteiger partial charge in [0.15, 0.2) is 0 Å². The van der Waals surface area contributed by atoms with Crippen molar-refractivity contribution in [3.05, 3.63) is 83.9 Å². The van der Waals surface area contributed by atoms with Gasteiger partial charge in [-0.3, -0.25) is 10.1 Å². The molecule has 3 aromatic carbocycles. The number of ether oxygens (including phenoxy) is 1. The van der Waals surface area contributed by atoms with Crippen molar-refractivity contribution in [1.82, 2.24) is 10.6 Å². The third-order valence-corrected chi connectivity index (χ3v) is 4.15. The topological polar surface area (TPSA) is 84.5 Å². The standard InChI is InChI=1S/C22H20N2O4/c1-2-23-22(27)24-20(25)19(16-10-4-3-5-11-16)28-21(26)18-14-8-12-15-9-6-7-13-17(15)18/h3-14,19H,2H2,1H3,(H2,23,24,25,27)/t19-/m0/s1. The molecule has 6 heteroatoms. The van der Waals surface area contributed by atoms with Gasteiger partial charge in [0.2, 0.25) is 6.10 Å². The van der Waals surface area contributed by atoms with Crippen molar-refractivity contribution < 1.29 is 19.1 Å². The van der Waals surface area contributed by atoms with E-state index >= 15 is 0 Å². The number of amides is 3. The molecule has 3 rings (SSSR count). The third kappa shape index (κ3) is 4.35. The molecule has 6 nitrogen and oxygen atoms in total. The third-order valence-electron chi connectivity index (χ3n) is 4.15. The molecule has 0 aliphatic carbocycles. The second-order valence-electron chi connectivity index (χ2n) is 6.07. The van der Waals surface area contributed by atoms with E-state index in [1.54, 1.807) is 49.4 Å². The fourth-order valence-corrected chi connectivity index (χ4v) is 2.86. The lowest BCUT2D eigenvalue weighted by molar-refractivity contribution is -0.129. The molecular formula is C22H20N2O4. The first-order valence-corrected chi connectivity index (χ1v) is 8.92. The Kier molecular flexibility index (Phi) is 6.01. The summed E-state index contributed by atoms with van der Waals surface area (Å²) in [7, 11) is 0. The number of rotatable bonds is 5. The van der Waals surface area contributed by atoms with E-state index in [1.807, 2.05) is 30.3 Å². The van der Waals surface area contributed by atoms with E-state index in [9.17, 15) is 14.4 Å². The van der Waals surface area contributed by atoms with Crippen LogP contribution in [0, 0.1) is 0 Å². The normalized spacial score (nSPS) is 11.5. The predicted molar refractivity (Wildman–Crippen MR) is 106 cm³/mol. The van der Waals surface area contributed by atoms with Crippen LogP contribution in [0.25, 0.3) is 10.8 Å². The van der Waals surface area contributed by atoms with Gasteiger partial charge < -0.3 is 10.1 Å². The number of hydrogen-bond acceptors (Lipinski definition) is 4. The zero-order valence-electron chi connectivity index (χ0n) is 15.3. The minimum atomic E-state index is -1.25. The monoisotopic (exact) mass is 376 g/mol. The van der Waals surface area contributed by atoms with Crippen LogP contribution in [0.5, 0.6) is 0 Å². The number of esters is 1. The van der Waals surface area contributed by atoms with Crippen LogP contribution in [0.4, 0.5) is 4.79 Å². The van der Waals surface area contributed by atoms with E-state index in [4.69, 9.17) is 4.74 Å². The molecule has 0 saturated carbocycles. The largest absolute Gasteiger partial charge is 0.444 e. The lowest BCUT2D eigenvalue weighted by Crippen LogP contribution is -2.42. The molecule has 0 fully saturated rings. The molecule has 142 valence electrons. The van der Waals surface area contributed by atoms with E-state index in [-0.39, 0.29) is 0 Å². The summed E-state index contributed by atoms with van der Waals surface area (Å²) in [6.45, 7) is 2.10. The number of carbonyl (C=O) groups is 3. The van der Waals surface area contributed by atoms with Crippen LogP contribution in [-0.4, -0.2) is 24.5 Å². The number of nitrogens with one attached hydrogen (secondary N) is 2. The average Bonchev–Trinajstić information content (AvgIpc) is 2.72. The summed E-state index contributed by atoms with van der Waals surface area (Å²) < 4.78 is 5.54. The van der Waals surface area contributed by atoms with Crippen molar-refractivity contribution in [2.75, 3.05) is 6.54 Å². The molecule has 0 aliphatic rings. The van der Waals surface area contributed by atoms with Crippen LogP contribution in [-0.2, 0) is 9.53 Å². The molecule has 0 unspecified atom stereocenters. The highest BCUT2D eigenvalue weighted by Gasteiger charge is 2.27. The molecule has 0 saturated heterocycles. The van der Waals surface area contributed by atoms with Gasteiger partial charge in [-0.2, -0.15) is 0 Å². The molecule has 3 amide bonds. The molecule has 0 radical (unpaired) electrons. The predicted octanol–water partition coefficient (Wildman–Crippen LogP) is 3.58. The molecule has 3 aromatic rings. The van der Waals surface area contributed by atoms with Crippen LogP contribution in [0.15, 0.2) is 72.8 Å². The molecule has 2 N–H and O–H groups in total. The van der Waals surface area contributed by atoms with E-state index in [0.717, 1.165) is 10.8 Å². The number of benzene rings is 3. The quantitative estimate of drug-likeness (QED) is 0.667.